The van der Waals surface area contributed by atoms with E-state index in [4.69, 9.17) is 10.8 Å². The van der Waals surface area contributed by atoms with Gasteiger partial charge in [0.15, 0.2) is 11.3 Å². The summed E-state index contributed by atoms with van der Waals surface area (Å²) in [6, 6.07) is 0. The van der Waals surface area contributed by atoms with Crippen molar-refractivity contribution in [2.75, 3.05) is 6.54 Å². The Hall–Kier alpha value is -0.820. The molecule has 1 heterocycles. The van der Waals surface area contributed by atoms with E-state index in [0.717, 1.165) is 11.3 Å². The zero-order chi connectivity index (χ0) is 9.84. The van der Waals surface area contributed by atoms with Gasteiger partial charge in [0.05, 0.1) is 11.8 Å². The Morgan fingerprint density at radius 3 is 2.85 bits per heavy atom. The summed E-state index contributed by atoms with van der Waals surface area (Å²) in [5, 5.41) is 20.4. The Kier molecular flexibility index (Phi) is 3.49. The first-order chi connectivity index (χ1) is 6.19. The number of aromatic nitrogens is 1. The van der Waals surface area contributed by atoms with Crippen molar-refractivity contribution < 1.29 is 15.0 Å². The molecule has 1 aromatic heterocycles. The maximum Gasteiger partial charge on any atom is 0.178 e. The number of carbonyl (C=O) groups is 1. The molecule has 0 aromatic carbocycles. The number of thiazole rings is 1. The third-order valence-electron chi connectivity index (χ3n) is 1.55. The molecular weight excluding hydrogens is 192 g/mol. The molecule has 2 unspecified atom stereocenters. The van der Waals surface area contributed by atoms with Crippen molar-refractivity contribution in [2.45, 2.75) is 12.2 Å². The molecule has 1 aromatic rings. The molecule has 0 radical (unpaired) electrons. The minimum Gasteiger partial charge on any atom is -0.389 e. The minimum absolute atomic E-state index is 0.0465. The van der Waals surface area contributed by atoms with Crippen molar-refractivity contribution >= 4 is 17.6 Å². The van der Waals surface area contributed by atoms with Gasteiger partial charge in [-0.15, -0.1) is 11.3 Å². The number of rotatable bonds is 4. The highest BCUT2D eigenvalue weighted by Gasteiger charge is 2.19. The first-order valence-corrected chi connectivity index (χ1v) is 4.53. The fraction of sp³-hybridized carbons (Fsp3) is 0.429. The van der Waals surface area contributed by atoms with Gasteiger partial charge in [-0.25, -0.2) is 4.98 Å². The summed E-state index contributed by atoms with van der Waals surface area (Å²) in [5.41, 5.74) is 5.43. The average Bonchev–Trinajstić information content (AvgIpc) is 2.63. The highest BCUT2D eigenvalue weighted by Crippen LogP contribution is 2.18. The fourth-order valence-corrected chi connectivity index (χ4v) is 1.46. The quantitative estimate of drug-likeness (QED) is 0.561. The predicted octanol–water partition coefficient (Wildman–Crippen LogP) is -0.691. The smallest absolute Gasteiger partial charge is 0.178 e. The SMILES string of the molecule is NCC(O)C(O)c1csc(C=O)n1. The van der Waals surface area contributed by atoms with E-state index in [1.165, 1.54) is 5.38 Å². The lowest BCUT2D eigenvalue weighted by molar-refractivity contribution is 0.0220. The second kappa shape index (κ2) is 4.43. The molecule has 2 atom stereocenters. The standard InChI is InChI=1S/C7H10N2O3S/c8-1-5(11)7(12)4-3-13-6(2-10)9-4/h2-3,5,7,11-12H,1,8H2. The number of hydrogen-bond acceptors (Lipinski definition) is 6. The van der Waals surface area contributed by atoms with Crippen LogP contribution in [0, 0.1) is 0 Å². The van der Waals surface area contributed by atoms with E-state index in [1.807, 2.05) is 0 Å². The zero-order valence-electron chi connectivity index (χ0n) is 6.75. The van der Waals surface area contributed by atoms with E-state index in [9.17, 15) is 9.90 Å². The fourth-order valence-electron chi connectivity index (χ4n) is 0.817. The number of nitrogens with zero attached hydrogens (tertiary/aromatic N) is 1. The van der Waals surface area contributed by atoms with Gasteiger partial charge in [-0.2, -0.15) is 0 Å². The monoisotopic (exact) mass is 202 g/mol. The zero-order valence-corrected chi connectivity index (χ0v) is 7.57. The van der Waals surface area contributed by atoms with E-state index in [0.29, 0.717) is 6.29 Å². The lowest BCUT2D eigenvalue weighted by Crippen LogP contribution is -2.27. The van der Waals surface area contributed by atoms with Gasteiger partial charge < -0.3 is 15.9 Å². The van der Waals surface area contributed by atoms with Crippen molar-refractivity contribution in [3.8, 4) is 0 Å². The number of hydrogen-bond donors (Lipinski definition) is 3. The third kappa shape index (κ3) is 2.31. The molecule has 0 amide bonds. The predicted molar refractivity (Wildman–Crippen MR) is 47.5 cm³/mol. The molecule has 13 heavy (non-hydrogen) atoms. The molecule has 0 fully saturated rings. The summed E-state index contributed by atoms with van der Waals surface area (Å²) in [6.07, 6.45) is -1.56. The topological polar surface area (TPSA) is 96.4 Å². The van der Waals surface area contributed by atoms with E-state index < -0.39 is 12.2 Å². The van der Waals surface area contributed by atoms with Crippen LogP contribution in [0.4, 0.5) is 0 Å². The van der Waals surface area contributed by atoms with Crippen LogP contribution in [0.1, 0.15) is 21.6 Å². The molecule has 0 saturated heterocycles. The van der Waals surface area contributed by atoms with E-state index in [2.05, 4.69) is 4.98 Å². The summed E-state index contributed by atoms with van der Waals surface area (Å²) >= 11 is 1.11. The Bertz CT molecular complexity index is 289. The minimum atomic E-state index is -1.12. The van der Waals surface area contributed by atoms with Gasteiger partial charge in [-0.3, -0.25) is 4.79 Å². The molecular formula is C7H10N2O3S. The van der Waals surface area contributed by atoms with Gasteiger partial charge in [0.25, 0.3) is 0 Å². The first kappa shape index (κ1) is 10.3. The Morgan fingerprint density at radius 2 is 2.38 bits per heavy atom. The molecule has 0 aliphatic carbocycles. The Morgan fingerprint density at radius 1 is 1.69 bits per heavy atom. The molecule has 6 heteroatoms. The molecule has 5 nitrogen and oxygen atoms in total. The van der Waals surface area contributed by atoms with Crippen LogP contribution in [0.15, 0.2) is 5.38 Å². The summed E-state index contributed by atoms with van der Waals surface area (Å²) < 4.78 is 0. The van der Waals surface area contributed by atoms with Crippen molar-refractivity contribution in [1.29, 1.82) is 0 Å². The molecule has 0 bridgehead atoms. The molecule has 1 rings (SSSR count). The van der Waals surface area contributed by atoms with Crippen LogP contribution in [0.2, 0.25) is 0 Å². The van der Waals surface area contributed by atoms with Gasteiger partial charge in [-0.1, -0.05) is 0 Å². The van der Waals surface area contributed by atoms with Gasteiger partial charge in [0.1, 0.15) is 6.10 Å². The van der Waals surface area contributed by atoms with E-state index in [1.54, 1.807) is 0 Å². The molecule has 0 spiro atoms. The second-order valence-corrected chi connectivity index (χ2v) is 3.37. The van der Waals surface area contributed by atoms with Crippen LogP contribution >= 0.6 is 11.3 Å². The van der Waals surface area contributed by atoms with Crippen molar-refractivity contribution in [3.63, 3.8) is 0 Å². The number of aldehydes is 1. The normalized spacial score (nSPS) is 15.3. The highest BCUT2D eigenvalue weighted by atomic mass is 32.1. The summed E-state index contributed by atoms with van der Waals surface area (Å²) in [7, 11) is 0. The summed E-state index contributed by atoms with van der Waals surface area (Å²) in [4.78, 5) is 14.0. The number of nitrogens with two attached hydrogens (primary N) is 1. The summed E-state index contributed by atoms with van der Waals surface area (Å²) in [5.74, 6) is 0. The van der Waals surface area contributed by atoms with Crippen molar-refractivity contribution in [2.24, 2.45) is 5.73 Å². The molecule has 4 N–H and O–H groups in total. The van der Waals surface area contributed by atoms with Crippen LogP contribution in [0.3, 0.4) is 0 Å². The number of aliphatic hydroxyl groups excluding tert-OH is 2. The number of carbonyl (C=O) groups excluding carboxylic acids is 1. The molecule has 0 saturated carbocycles. The van der Waals surface area contributed by atoms with Crippen LogP contribution < -0.4 is 5.73 Å². The maximum atomic E-state index is 10.3. The Balaban J connectivity index is 2.76. The van der Waals surface area contributed by atoms with Gasteiger partial charge >= 0.3 is 0 Å². The maximum absolute atomic E-state index is 10.3. The third-order valence-corrected chi connectivity index (χ3v) is 2.34. The largest absolute Gasteiger partial charge is 0.389 e. The van der Waals surface area contributed by atoms with Gasteiger partial charge in [-0.05, 0) is 0 Å². The highest BCUT2D eigenvalue weighted by molar-refractivity contribution is 7.11. The van der Waals surface area contributed by atoms with Crippen LogP contribution in [-0.2, 0) is 0 Å². The van der Waals surface area contributed by atoms with Crippen molar-refractivity contribution in [1.82, 2.24) is 4.98 Å². The van der Waals surface area contributed by atoms with Crippen LogP contribution in [0.5, 0.6) is 0 Å². The van der Waals surface area contributed by atoms with E-state index in [-0.39, 0.29) is 17.2 Å². The van der Waals surface area contributed by atoms with Gasteiger partial charge in [0.2, 0.25) is 0 Å². The molecule has 0 aliphatic heterocycles. The van der Waals surface area contributed by atoms with Crippen LogP contribution in [0.25, 0.3) is 0 Å². The average molecular weight is 202 g/mol. The molecule has 0 aliphatic rings. The van der Waals surface area contributed by atoms with Gasteiger partial charge in [0, 0.05) is 11.9 Å². The number of aliphatic hydroxyl groups is 2. The van der Waals surface area contributed by atoms with Crippen LogP contribution in [-0.4, -0.2) is 34.1 Å². The first-order valence-electron chi connectivity index (χ1n) is 3.65. The second-order valence-electron chi connectivity index (χ2n) is 2.48. The van der Waals surface area contributed by atoms with Crippen molar-refractivity contribution in [3.05, 3.63) is 16.1 Å². The lowest BCUT2D eigenvalue weighted by atomic mass is 10.1. The molecule has 72 valence electrons. The van der Waals surface area contributed by atoms with E-state index >= 15 is 0 Å². The summed E-state index contributed by atoms with van der Waals surface area (Å²) in [6.45, 7) is -0.0465. The lowest BCUT2D eigenvalue weighted by Gasteiger charge is -2.12. The Labute approximate surface area is 78.8 Å².